The van der Waals surface area contributed by atoms with E-state index in [2.05, 4.69) is 0 Å². The molecule has 1 aromatic rings. The Morgan fingerprint density at radius 3 is 2.65 bits per heavy atom. The molecular formula is C20H23ClO5. The number of Topliss-reactive ketones (excluding diaryl/α,β-unsaturated/α-hetero) is 1. The Balaban J connectivity index is 1.78. The highest BCUT2D eigenvalue weighted by Crippen LogP contribution is 2.44. The summed E-state index contributed by atoms with van der Waals surface area (Å²) in [6.45, 7) is 0. The third kappa shape index (κ3) is 3.93. The molecule has 1 aliphatic heterocycles. The number of hydrogen-bond donors (Lipinski definition) is 0. The van der Waals surface area contributed by atoms with Gasteiger partial charge in [-0.25, -0.2) is 4.79 Å². The van der Waals surface area contributed by atoms with Crippen molar-refractivity contribution in [2.24, 2.45) is 5.92 Å². The van der Waals surface area contributed by atoms with Gasteiger partial charge in [-0.05, 0) is 49.3 Å². The van der Waals surface area contributed by atoms with Gasteiger partial charge in [-0.3, -0.25) is 9.59 Å². The minimum absolute atomic E-state index is 0.0350. The number of rotatable bonds is 5. The predicted octanol–water partition coefficient (Wildman–Crippen LogP) is 3.89. The second kappa shape index (κ2) is 7.78. The Morgan fingerprint density at radius 1 is 1.31 bits per heavy atom. The fraction of sp³-hybridized carbons (Fsp3) is 0.550. The van der Waals surface area contributed by atoms with Gasteiger partial charge in [-0.15, -0.1) is 0 Å². The number of ether oxygens (including phenoxy) is 2. The standard InChI is InChI=1S/C20H23ClO5/c1-25-19(24)16-7-6-13(10-17(16)21)8-9-20(14-4-2-3-5-14)12-15(22)11-18(23)26-20/h6-7,10,14H,2-5,8-9,11-12H2,1H3. The first-order chi connectivity index (χ1) is 12.4. The number of aryl methyl sites for hydroxylation is 1. The summed E-state index contributed by atoms with van der Waals surface area (Å²) in [4.78, 5) is 35.7. The summed E-state index contributed by atoms with van der Waals surface area (Å²) in [5.74, 6) is -0.684. The van der Waals surface area contributed by atoms with E-state index < -0.39 is 17.5 Å². The van der Waals surface area contributed by atoms with Gasteiger partial charge in [0.05, 0.1) is 17.7 Å². The van der Waals surface area contributed by atoms with Crippen LogP contribution in [-0.2, 0) is 25.5 Å². The molecule has 1 aromatic carbocycles. The molecule has 6 heteroatoms. The summed E-state index contributed by atoms with van der Waals surface area (Å²) in [5.41, 5.74) is 0.563. The quantitative estimate of drug-likeness (QED) is 0.574. The van der Waals surface area contributed by atoms with Crippen molar-refractivity contribution in [1.82, 2.24) is 0 Å². The Hall–Kier alpha value is -1.88. The van der Waals surface area contributed by atoms with E-state index in [1.165, 1.54) is 7.11 Å². The highest BCUT2D eigenvalue weighted by molar-refractivity contribution is 6.33. The fourth-order valence-corrected chi connectivity index (χ4v) is 4.51. The summed E-state index contributed by atoms with van der Waals surface area (Å²) in [7, 11) is 1.31. The average Bonchev–Trinajstić information content (AvgIpc) is 3.14. The van der Waals surface area contributed by atoms with Gasteiger partial charge < -0.3 is 9.47 Å². The first kappa shape index (κ1) is 18.9. The smallest absolute Gasteiger partial charge is 0.339 e. The minimum atomic E-state index is -0.698. The van der Waals surface area contributed by atoms with E-state index in [0.717, 1.165) is 31.2 Å². The number of carbonyl (C=O) groups excluding carboxylic acids is 3. The lowest BCUT2D eigenvalue weighted by atomic mass is 9.76. The zero-order chi connectivity index (χ0) is 18.7. The molecule has 2 fully saturated rings. The predicted molar refractivity (Wildman–Crippen MR) is 96.1 cm³/mol. The number of cyclic esters (lactones) is 1. The van der Waals surface area contributed by atoms with Crippen molar-refractivity contribution in [1.29, 1.82) is 0 Å². The first-order valence-electron chi connectivity index (χ1n) is 9.04. The molecule has 140 valence electrons. The highest BCUT2D eigenvalue weighted by atomic mass is 35.5. The number of halogens is 1. The van der Waals surface area contributed by atoms with E-state index in [0.29, 0.717) is 29.8 Å². The Bertz CT molecular complexity index is 705. The average molecular weight is 379 g/mol. The van der Waals surface area contributed by atoms with Gasteiger partial charge in [0.1, 0.15) is 17.8 Å². The molecule has 3 rings (SSSR count). The molecule has 1 aliphatic carbocycles. The summed E-state index contributed by atoms with van der Waals surface area (Å²) in [6, 6.07) is 5.21. The maximum Gasteiger partial charge on any atom is 0.339 e. The fourth-order valence-electron chi connectivity index (χ4n) is 4.22. The lowest BCUT2D eigenvalue weighted by Gasteiger charge is -2.41. The SMILES string of the molecule is COC(=O)c1ccc(CCC2(C3CCCC3)CC(=O)CC(=O)O2)cc1Cl. The van der Waals surface area contributed by atoms with Crippen LogP contribution in [0.4, 0.5) is 0 Å². The van der Waals surface area contributed by atoms with Gasteiger partial charge in [-0.1, -0.05) is 30.5 Å². The van der Waals surface area contributed by atoms with Crippen molar-refractivity contribution in [2.45, 2.75) is 57.0 Å². The molecule has 0 amide bonds. The van der Waals surface area contributed by atoms with Crippen LogP contribution in [0.5, 0.6) is 0 Å². The normalized spacial score (nSPS) is 23.8. The zero-order valence-electron chi connectivity index (χ0n) is 14.9. The Kier molecular flexibility index (Phi) is 5.66. The van der Waals surface area contributed by atoms with Crippen molar-refractivity contribution >= 4 is 29.3 Å². The molecule has 0 spiro atoms. The summed E-state index contributed by atoms with van der Waals surface area (Å²) >= 11 is 6.19. The van der Waals surface area contributed by atoms with Gasteiger partial charge in [0.2, 0.25) is 0 Å². The van der Waals surface area contributed by atoms with Crippen LogP contribution in [0.15, 0.2) is 18.2 Å². The van der Waals surface area contributed by atoms with E-state index >= 15 is 0 Å². The van der Waals surface area contributed by atoms with Crippen molar-refractivity contribution < 1.29 is 23.9 Å². The van der Waals surface area contributed by atoms with Crippen LogP contribution >= 0.6 is 11.6 Å². The van der Waals surface area contributed by atoms with Crippen LogP contribution in [0.25, 0.3) is 0 Å². The van der Waals surface area contributed by atoms with Crippen LogP contribution < -0.4 is 0 Å². The third-order valence-electron chi connectivity index (χ3n) is 5.53. The van der Waals surface area contributed by atoms with Gasteiger partial charge in [0.15, 0.2) is 0 Å². The van der Waals surface area contributed by atoms with Crippen LogP contribution in [0, 0.1) is 5.92 Å². The number of esters is 2. The molecule has 1 unspecified atom stereocenters. The van der Waals surface area contributed by atoms with Crippen molar-refractivity contribution in [3.63, 3.8) is 0 Å². The largest absolute Gasteiger partial charge is 0.465 e. The van der Waals surface area contributed by atoms with Crippen LogP contribution in [0.1, 0.15) is 60.9 Å². The maximum absolute atomic E-state index is 12.1. The Morgan fingerprint density at radius 2 is 2.04 bits per heavy atom. The lowest BCUT2D eigenvalue weighted by molar-refractivity contribution is -0.178. The zero-order valence-corrected chi connectivity index (χ0v) is 15.6. The second-order valence-electron chi connectivity index (χ2n) is 7.22. The topological polar surface area (TPSA) is 69.7 Å². The monoisotopic (exact) mass is 378 g/mol. The molecule has 2 aliphatic rings. The van der Waals surface area contributed by atoms with Crippen molar-refractivity contribution in [2.75, 3.05) is 7.11 Å². The number of carbonyl (C=O) groups is 3. The molecule has 26 heavy (non-hydrogen) atoms. The van der Waals surface area contributed by atoms with Crippen LogP contribution in [-0.4, -0.2) is 30.4 Å². The van der Waals surface area contributed by atoms with E-state index in [9.17, 15) is 14.4 Å². The van der Waals surface area contributed by atoms with Gasteiger partial charge in [-0.2, -0.15) is 0 Å². The summed E-state index contributed by atoms with van der Waals surface area (Å²) < 4.78 is 10.5. The molecule has 0 N–H and O–H groups in total. The molecule has 1 atom stereocenters. The highest BCUT2D eigenvalue weighted by Gasteiger charge is 2.47. The number of methoxy groups -OCH3 is 1. The molecule has 0 radical (unpaired) electrons. The third-order valence-corrected chi connectivity index (χ3v) is 5.84. The number of benzene rings is 1. The van der Waals surface area contributed by atoms with E-state index in [-0.39, 0.29) is 18.1 Å². The summed E-state index contributed by atoms with van der Waals surface area (Å²) in [6.07, 6.45) is 5.59. The van der Waals surface area contributed by atoms with Crippen LogP contribution in [0.3, 0.4) is 0 Å². The minimum Gasteiger partial charge on any atom is -0.465 e. The molecule has 0 aromatic heterocycles. The molecule has 1 saturated heterocycles. The van der Waals surface area contributed by atoms with Crippen molar-refractivity contribution in [3.05, 3.63) is 34.3 Å². The number of ketones is 1. The van der Waals surface area contributed by atoms with Crippen LogP contribution in [0.2, 0.25) is 5.02 Å². The molecule has 1 heterocycles. The van der Waals surface area contributed by atoms with E-state index in [1.54, 1.807) is 12.1 Å². The van der Waals surface area contributed by atoms with E-state index in [1.807, 2.05) is 6.07 Å². The molecule has 1 saturated carbocycles. The number of hydrogen-bond acceptors (Lipinski definition) is 5. The molecule has 0 bridgehead atoms. The molecule has 5 nitrogen and oxygen atoms in total. The second-order valence-corrected chi connectivity index (χ2v) is 7.63. The molecular weight excluding hydrogens is 356 g/mol. The van der Waals surface area contributed by atoms with Gasteiger partial charge in [0.25, 0.3) is 0 Å². The summed E-state index contributed by atoms with van der Waals surface area (Å²) in [5, 5.41) is 0.334. The van der Waals surface area contributed by atoms with E-state index in [4.69, 9.17) is 21.1 Å². The first-order valence-corrected chi connectivity index (χ1v) is 9.41. The van der Waals surface area contributed by atoms with Crippen molar-refractivity contribution in [3.8, 4) is 0 Å². The Labute approximate surface area is 158 Å². The van der Waals surface area contributed by atoms with Gasteiger partial charge >= 0.3 is 11.9 Å². The maximum atomic E-state index is 12.1. The van der Waals surface area contributed by atoms with Gasteiger partial charge in [0, 0.05) is 6.42 Å². The lowest BCUT2D eigenvalue weighted by Crippen LogP contribution is -2.48.